The lowest BCUT2D eigenvalue weighted by molar-refractivity contribution is 0.0899. The molecule has 0 saturated heterocycles. The number of ketones is 1. The van der Waals surface area contributed by atoms with Crippen molar-refractivity contribution in [2.45, 2.75) is 12.5 Å². The molecule has 0 aliphatic carbocycles. The summed E-state index contributed by atoms with van der Waals surface area (Å²) in [4.78, 5) is 12.7. The van der Waals surface area contributed by atoms with E-state index in [4.69, 9.17) is 15.2 Å². The van der Waals surface area contributed by atoms with E-state index in [9.17, 15) is 4.79 Å². The topological polar surface area (TPSA) is 61.5 Å². The Labute approximate surface area is 124 Å². The largest absolute Gasteiger partial charge is 0.493 e. The minimum atomic E-state index is -1.10. The summed E-state index contributed by atoms with van der Waals surface area (Å²) in [5.74, 6) is 0.911. The number of carbonyl (C=O) groups excluding carboxylic acids is 1. The molecule has 2 rings (SSSR count). The average Bonchev–Trinajstić information content (AvgIpc) is 2.54. The molecule has 0 heterocycles. The average molecular weight is 285 g/mol. The van der Waals surface area contributed by atoms with Gasteiger partial charge in [-0.2, -0.15) is 0 Å². The van der Waals surface area contributed by atoms with Crippen LogP contribution in [0.4, 0.5) is 0 Å². The molecule has 0 aliphatic rings. The van der Waals surface area contributed by atoms with Crippen molar-refractivity contribution in [2.75, 3.05) is 14.2 Å². The molecule has 4 heteroatoms. The lowest BCUT2D eigenvalue weighted by Gasteiger charge is -2.24. The Morgan fingerprint density at radius 1 is 1.00 bits per heavy atom. The molecule has 21 heavy (non-hydrogen) atoms. The molecular weight excluding hydrogens is 266 g/mol. The van der Waals surface area contributed by atoms with E-state index in [1.54, 1.807) is 32.2 Å². The molecule has 0 radical (unpaired) electrons. The fourth-order valence-corrected chi connectivity index (χ4v) is 2.19. The maximum absolute atomic E-state index is 12.7. The molecule has 0 aliphatic heterocycles. The molecule has 1 atom stereocenters. The van der Waals surface area contributed by atoms with Gasteiger partial charge in [-0.25, -0.2) is 0 Å². The minimum absolute atomic E-state index is 0.172. The van der Waals surface area contributed by atoms with Crippen LogP contribution in [0.5, 0.6) is 11.5 Å². The van der Waals surface area contributed by atoms with Crippen molar-refractivity contribution < 1.29 is 14.3 Å². The molecule has 0 amide bonds. The van der Waals surface area contributed by atoms with Crippen molar-refractivity contribution in [2.24, 2.45) is 5.73 Å². The maximum Gasteiger partial charge on any atom is 0.187 e. The van der Waals surface area contributed by atoms with Gasteiger partial charge in [0.05, 0.1) is 14.2 Å². The van der Waals surface area contributed by atoms with Gasteiger partial charge in [0.1, 0.15) is 5.54 Å². The van der Waals surface area contributed by atoms with E-state index < -0.39 is 5.54 Å². The number of nitrogens with two attached hydrogens (primary N) is 1. The third-order valence-corrected chi connectivity index (χ3v) is 3.49. The van der Waals surface area contributed by atoms with Crippen LogP contribution < -0.4 is 15.2 Å². The number of carbonyl (C=O) groups is 1. The normalized spacial score (nSPS) is 13.3. The number of benzene rings is 2. The van der Waals surface area contributed by atoms with Crippen molar-refractivity contribution in [1.29, 1.82) is 0 Å². The summed E-state index contributed by atoms with van der Waals surface area (Å²) in [6, 6.07) is 14.3. The zero-order valence-corrected chi connectivity index (χ0v) is 12.4. The van der Waals surface area contributed by atoms with Gasteiger partial charge in [-0.05, 0) is 30.7 Å². The second-order valence-corrected chi connectivity index (χ2v) is 4.97. The van der Waals surface area contributed by atoms with Crippen molar-refractivity contribution in [3.63, 3.8) is 0 Å². The van der Waals surface area contributed by atoms with Crippen LogP contribution in [0.3, 0.4) is 0 Å². The second kappa shape index (κ2) is 5.97. The lowest BCUT2D eigenvalue weighted by atomic mass is 9.85. The van der Waals surface area contributed by atoms with Gasteiger partial charge in [0.2, 0.25) is 0 Å². The highest BCUT2D eigenvalue weighted by molar-refractivity contribution is 6.03. The van der Waals surface area contributed by atoms with Crippen LogP contribution in [0.25, 0.3) is 0 Å². The SMILES string of the molecule is COc1ccc(C(=O)C(C)(N)c2ccccc2)cc1OC. The monoisotopic (exact) mass is 285 g/mol. The Bertz CT molecular complexity index is 636. The Hall–Kier alpha value is -2.33. The van der Waals surface area contributed by atoms with E-state index in [-0.39, 0.29) is 5.78 Å². The van der Waals surface area contributed by atoms with E-state index >= 15 is 0 Å². The predicted octanol–water partition coefficient (Wildman–Crippen LogP) is 2.76. The Morgan fingerprint density at radius 2 is 1.62 bits per heavy atom. The lowest BCUT2D eigenvalue weighted by Crippen LogP contribution is -2.41. The van der Waals surface area contributed by atoms with Crippen molar-refractivity contribution in [1.82, 2.24) is 0 Å². The van der Waals surface area contributed by atoms with E-state index in [1.807, 2.05) is 30.3 Å². The first kappa shape index (κ1) is 15.1. The van der Waals surface area contributed by atoms with Crippen LogP contribution in [-0.4, -0.2) is 20.0 Å². The summed E-state index contributed by atoms with van der Waals surface area (Å²) in [5.41, 5.74) is 6.41. The summed E-state index contributed by atoms with van der Waals surface area (Å²) in [6.07, 6.45) is 0. The van der Waals surface area contributed by atoms with Gasteiger partial charge in [0.25, 0.3) is 0 Å². The highest BCUT2D eigenvalue weighted by Crippen LogP contribution is 2.30. The zero-order valence-electron chi connectivity index (χ0n) is 12.4. The molecule has 0 fully saturated rings. The third kappa shape index (κ3) is 2.90. The molecule has 2 N–H and O–H groups in total. The maximum atomic E-state index is 12.7. The highest BCUT2D eigenvalue weighted by Gasteiger charge is 2.31. The molecule has 110 valence electrons. The van der Waals surface area contributed by atoms with E-state index in [0.717, 1.165) is 5.56 Å². The van der Waals surface area contributed by atoms with Crippen LogP contribution in [-0.2, 0) is 5.54 Å². The zero-order chi connectivity index (χ0) is 15.5. The van der Waals surface area contributed by atoms with Crippen molar-refractivity contribution in [3.05, 3.63) is 59.7 Å². The van der Waals surface area contributed by atoms with Gasteiger partial charge in [0, 0.05) is 5.56 Å². The first-order valence-electron chi connectivity index (χ1n) is 6.62. The number of ether oxygens (including phenoxy) is 2. The summed E-state index contributed by atoms with van der Waals surface area (Å²) in [5, 5.41) is 0. The minimum Gasteiger partial charge on any atom is -0.493 e. The fraction of sp³-hybridized carbons (Fsp3) is 0.235. The number of methoxy groups -OCH3 is 2. The van der Waals surface area contributed by atoms with E-state index in [1.165, 1.54) is 7.11 Å². The van der Waals surface area contributed by atoms with E-state index in [2.05, 4.69) is 0 Å². The Morgan fingerprint density at radius 3 is 2.19 bits per heavy atom. The molecule has 2 aromatic rings. The van der Waals surface area contributed by atoms with Gasteiger partial charge in [-0.15, -0.1) is 0 Å². The van der Waals surface area contributed by atoms with Crippen molar-refractivity contribution in [3.8, 4) is 11.5 Å². The number of hydrogen-bond acceptors (Lipinski definition) is 4. The smallest absolute Gasteiger partial charge is 0.187 e. The van der Waals surface area contributed by atoms with Crippen LogP contribution in [0, 0.1) is 0 Å². The van der Waals surface area contributed by atoms with Gasteiger partial charge in [-0.3, -0.25) is 4.79 Å². The standard InChI is InChI=1S/C17H19NO3/c1-17(18,13-7-5-4-6-8-13)16(19)12-9-10-14(20-2)15(11-12)21-3/h4-11H,18H2,1-3H3. The molecule has 1 unspecified atom stereocenters. The number of rotatable bonds is 5. The third-order valence-electron chi connectivity index (χ3n) is 3.49. The molecule has 0 saturated carbocycles. The molecule has 0 bridgehead atoms. The molecule has 2 aromatic carbocycles. The van der Waals surface area contributed by atoms with Gasteiger partial charge < -0.3 is 15.2 Å². The Kier molecular flexibility index (Phi) is 4.29. The summed E-state index contributed by atoms with van der Waals surface area (Å²) < 4.78 is 10.4. The number of hydrogen-bond donors (Lipinski definition) is 1. The summed E-state index contributed by atoms with van der Waals surface area (Å²) >= 11 is 0. The van der Waals surface area contributed by atoms with Gasteiger partial charge in [-0.1, -0.05) is 30.3 Å². The first-order chi connectivity index (χ1) is 10.0. The molecular formula is C17H19NO3. The van der Waals surface area contributed by atoms with E-state index in [0.29, 0.717) is 17.1 Å². The second-order valence-electron chi connectivity index (χ2n) is 4.97. The Balaban J connectivity index is 2.40. The van der Waals surface area contributed by atoms with Crippen LogP contribution in [0.1, 0.15) is 22.8 Å². The molecule has 0 aromatic heterocycles. The van der Waals surface area contributed by atoms with Crippen LogP contribution in [0.2, 0.25) is 0 Å². The van der Waals surface area contributed by atoms with Crippen LogP contribution >= 0.6 is 0 Å². The van der Waals surface area contributed by atoms with Crippen molar-refractivity contribution >= 4 is 5.78 Å². The first-order valence-corrected chi connectivity index (χ1v) is 6.62. The predicted molar refractivity (Wildman–Crippen MR) is 81.9 cm³/mol. The van der Waals surface area contributed by atoms with Crippen LogP contribution in [0.15, 0.2) is 48.5 Å². The summed E-state index contributed by atoms with van der Waals surface area (Å²) in [6.45, 7) is 1.71. The summed E-state index contributed by atoms with van der Waals surface area (Å²) in [7, 11) is 3.08. The quantitative estimate of drug-likeness (QED) is 0.858. The highest BCUT2D eigenvalue weighted by atomic mass is 16.5. The molecule has 4 nitrogen and oxygen atoms in total. The fourth-order valence-electron chi connectivity index (χ4n) is 2.19. The van der Waals surface area contributed by atoms with Gasteiger partial charge in [0.15, 0.2) is 17.3 Å². The number of Topliss-reactive ketones (excluding diaryl/α,β-unsaturated/α-hetero) is 1. The van der Waals surface area contributed by atoms with Gasteiger partial charge >= 0.3 is 0 Å². The molecule has 0 spiro atoms.